The molecule has 1 aromatic carbocycles. The molecule has 10 nitrogen and oxygen atoms in total. The van der Waals surface area contributed by atoms with Gasteiger partial charge in [0.15, 0.2) is 0 Å². The van der Waals surface area contributed by atoms with E-state index in [1.54, 1.807) is 55.8 Å². The normalized spacial score (nSPS) is 12.3. The first-order chi connectivity index (χ1) is 19.3. The summed E-state index contributed by atoms with van der Waals surface area (Å²) >= 11 is 0. The molecule has 8 radical (unpaired) electrons. The number of carbonyl (C=O) groups is 1. The van der Waals surface area contributed by atoms with E-state index in [0.29, 0.717) is 27.9 Å². The second kappa shape index (κ2) is 11.5. The first-order valence-electron chi connectivity index (χ1n) is 12.5. The molecule has 3 N–H and O–H groups in total. The maximum atomic E-state index is 13.3. The van der Waals surface area contributed by atoms with Crippen LogP contribution in [0.3, 0.4) is 0 Å². The van der Waals surface area contributed by atoms with Gasteiger partial charge in [0.2, 0.25) is 5.95 Å². The van der Waals surface area contributed by atoms with E-state index in [9.17, 15) is 4.79 Å². The molecule has 14 heteroatoms. The summed E-state index contributed by atoms with van der Waals surface area (Å²) in [5, 5.41) is -0.576. The molecule has 200 valence electrons. The lowest BCUT2D eigenvalue weighted by atomic mass is 9.49. The minimum Gasteiger partial charge on any atom is -0.494 e. The Kier molecular flexibility index (Phi) is 8.46. The summed E-state index contributed by atoms with van der Waals surface area (Å²) in [7, 11) is 28.7. The molecule has 0 fully saturated rings. The van der Waals surface area contributed by atoms with Crippen LogP contribution in [0.4, 0.5) is 5.95 Å². The van der Waals surface area contributed by atoms with Crippen molar-refractivity contribution in [1.82, 2.24) is 25.3 Å². The number of carbonyl (C=O) groups excluding carboxylic acids is 1. The first-order valence-corrected chi connectivity index (χ1v) is 12.5. The van der Waals surface area contributed by atoms with E-state index in [4.69, 9.17) is 51.3 Å². The van der Waals surface area contributed by atoms with Crippen molar-refractivity contribution in [2.75, 3.05) is 26.7 Å². The van der Waals surface area contributed by atoms with Gasteiger partial charge in [0.1, 0.15) is 29.4 Å². The van der Waals surface area contributed by atoms with Crippen molar-refractivity contribution in [1.29, 1.82) is 0 Å². The number of anilines is 1. The van der Waals surface area contributed by atoms with Crippen LogP contribution in [-0.2, 0) is 25.6 Å². The topological polar surface area (TPSA) is 134 Å². The molecule has 4 rings (SSSR count). The molecule has 0 atom stereocenters. The molecule has 0 aliphatic carbocycles. The number of amides is 1. The maximum Gasteiger partial charge on any atom is 0.270 e. The number of nitrogen functional groups attached to an aromatic ring is 1. The minimum atomic E-state index is -1.95. The average Bonchev–Trinajstić information content (AvgIpc) is 2.95. The summed E-state index contributed by atoms with van der Waals surface area (Å²) in [6.07, 6.45) is 1.54. The number of nitrogens with one attached hydrogen (secondary N) is 1. The van der Waals surface area contributed by atoms with Crippen LogP contribution < -0.4 is 15.8 Å². The number of fused-ring (bicyclic) bond motifs is 1. The van der Waals surface area contributed by atoms with E-state index >= 15 is 0 Å². The van der Waals surface area contributed by atoms with Gasteiger partial charge >= 0.3 is 0 Å². The Hall–Kier alpha value is -3.89. The van der Waals surface area contributed by atoms with E-state index in [0.717, 1.165) is 0 Å². The molecule has 4 aromatic rings. The number of pyridine rings is 2. The molecule has 0 spiro atoms. The number of methoxy groups -OCH3 is 2. The Balaban J connectivity index is 1.61. The third-order valence-corrected chi connectivity index (χ3v) is 6.45. The molecule has 0 unspecified atom stereocenters. The molecular weight excluding hydrogens is 516 g/mol. The lowest BCUT2D eigenvalue weighted by Gasteiger charge is -2.31. The van der Waals surface area contributed by atoms with Gasteiger partial charge in [-0.05, 0) is 48.9 Å². The van der Waals surface area contributed by atoms with Gasteiger partial charge in [-0.2, -0.15) is 0 Å². The Bertz CT molecular complexity index is 1570. The Morgan fingerprint density at radius 1 is 0.927 bits per heavy atom. The molecule has 0 saturated heterocycles. The summed E-state index contributed by atoms with van der Waals surface area (Å²) < 4.78 is 16.0. The summed E-state index contributed by atoms with van der Waals surface area (Å²) in [5.41, 5.74) is 6.90. The molecule has 3 aromatic heterocycles. The van der Waals surface area contributed by atoms with E-state index in [2.05, 4.69) is 25.3 Å². The van der Waals surface area contributed by atoms with Crippen molar-refractivity contribution in [3.63, 3.8) is 0 Å². The van der Waals surface area contributed by atoms with Crippen molar-refractivity contribution >= 4 is 54.1 Å². The highest BCUT2D eigenvalue weighted by Crippen LogP contribution is 2.29. The number of hydrogen-bond donors (Lipinski definition) is 2. The molecule has 0 aliphatic heterocycles. The zero-order valence-corrected chi connectivity index (χ0v) is 23.2. The fourth-order valence-corrected chi connectivity index (χ4v) is 4.11. The van der Waals surface area contributed by atoms with Crippen LogP contribution in [-0.4, -0.2) is 78.2 Å². The third-order valence-electron chi connectivity index (χ3n) is 6.45. The van der Waals surface area contributed by atoms with Crippen molar-refractivity contribution in [3.8, 4) is 5.75 Å². The van der Waals surface area contributed by atoms with Gasteiger partial charge in [0, 0.05) is 35.4 Å². The number of aromatic nitrogens is 4. The van der Waals surface area contributed by atoms with E-state index < -0.39 is 22.1 Å². The Morgan fingerprint density at radius 2 is 1.63 bits per heavy atom. The predicted octanol–water partition coefficient (Wildman–Crippen LogP) is 1.28. The second-order valence-corrected chi connectivity index (χ2v) is 9.88. The molecule has 0 aliphatic rings. The largest absolute Gasteiger partial charge is 0.494 e. The predicted molar refractivity (Wildman–Crippen MR) is 158 cm³/mol. The van der Waals surface area contributed by atoms with Crippen LogP contribution in [0.2, 0.25) is 0 Å². The lowest BCUT2D eigenvalue weighted by molar-refractivity contribution is -0.120. The number of nitrogens with two attached hydrogens (primary N) is 1. The summed E-state index contributed by atoms with van der Waals surface area (Å²) in [6, 6.07) is 13.3. The van der Waals surface area contributed by atoms with Crippen LogP contribution in [0.15, 0.2) is 54.7 Å². The van der Waals surface area contributed by atoms with Crippen LogP contribution in [0, 0.1) is 0 Å². The number of hydrogen-bond acceptors (Lipinski definition) is 9. The van der Waals surface area contributed by atoms with Gasteiger partial charge in [-0.15, -0.1) is 0 Å². The summed E-state index contributed by atoms with van der Waals surface area (Å²) in [4.78, 5) is 30.6. The van der Waals surface area contributed by atoms with Gasteiger partial charge in [-0.1, -0.05) is 24.3 Å². The minimum absolute atomic E-state index is 0.0432. The zero-order valence-electron chi connectivity index (χ0n) is 23.2. The van der Waals surface area contributed by atoms with Gasteiger partial charge in [-0.25, -0.2) is 9.97 Å². The standard InChI is InChI=1S/C27H26B4N6O4/c1-25(2,41-14-39-3)18-12-11-15(13-33-18)26(28,29)19-9-6-10-20(34-19)27(30,31)37-23(38)22-16-7-5-8-17(40-4)21(16)35-24(32)36-22/h5-13H,14H2,1-4H3,(H,37,38)(H2,32,35,36). The molecular formula is C27H26B4N6O4. The summed E-state index contributed by atoms with van der Waals surface area (Å²) in [5.74, 6) is -0.418. The van der Waals surface area contributed by atoms with Gasteiger partial charge in [0.25, 0.3) is 5.91 Å². The van der Waals surface area contributed by atoms with Crippen molar-refractivity contribution < 1.29 is 19.0 Å². The van der Waals surface area contributed by atoms with Crippen molar-refractivity contribution in [2.45, 2.75) is 30.0 Å². The quantitative estimate of drug-likeness (QED) is 0.225. The summed E-state index contributed by atoms with van der Waals surface area (Å²) in [6.45, 7) is 3.84. The number of para-hydroxylation sites is 1. The Labute approximate surface area is 243 Å². The lowest BCUT2D eigenvalue weighted by Crippen LogP contribution is -2.48. The smallest absolute Gasteiger partial charge is 0.270 e. The van der Waals surface area contributed by atoms with Crippen molar-refractivity contribution in [3.05, 3.63) is 83.1 Å². The maximum absolute atomic E-state index is 13.3. The highest BCUT2D eigenvalue weighted by molar-refractivity contribution is 6.42. The zero-order chi connectivity index (χ0) is 30.0. The third kappa shape index (κ3) is 6.23. The monoisotopic (exact) mass is 542 g/mol. The Morgan fingerprint density at radius 3 is 2.29 bits per heavy atom. The van der Waals surface area contributed by atoms with Crippen molar-refractivity contribution in [2.24, 2.45) is 0 Å². The van der Waals surface area contributed by atoms with E-state index in [-0.39, 0.29) is 29.8 Å². The number of benzene rings is 1. The van der Waals surface area contributed by atoms with Gasteiger partial charge in [-0.3, -0.25) is 14.8 Å². The highest BCUT2D eigenvalue weighted by Gasteiger charge is 2.30. The first kappa shape index (κ1) is 30.1. The second-order valence-electron chi connectivity index (χ2n) is 9.88. The fourth-order valence-electron chi connectivity index (χ4n) is 4.11. The van der Waals surface area contributed by atoms with Crippen LogP contribution >= 0.6 is 0 Å². The number of rotatable bonds is 10. The van der Waals surface area contributed by atoms with Gasteiger partial charge in [0.05, 0.1) is 44.2 Å². The highest BCUT2D eigenvalue weighted by atomic mass is 16.7. The van der Waals surface area contributed by atoms with Crippen LogP contribution in [0.5, 0.6) is 5.75 Å². The molecule has 1 amide bonds. The molecule has 0 bridgehead atoms. The number of ether oxygens (including phenoxy) is 3. The molecule has 3 heterocycles. The van der Waals surface area contributed by atoms with E-state index in [1.807, 2.05) is 13.8 Å². The van der Waals surface area contributed by atoms with E-state index in [1.165, 1.54) is 13.2 Å². The fraction of sp³-hybridized carbons (Fsp3) is 0.296. The SMILES string of the molecule is [B]C([B])(NC(=O)c1nc(N)nc2c(OC)cccc12)c1cccc(C([B])([B])c2ccc(C(C)(C)OCOC)nc2)n1. The average molecular weight is 542 g/mol. The van der Waals surface area contributed by atoms with Crippen LogP contribution in [0.1, 0.15) is 47.0 Å². The van der Waals surface area contributed by atoms with Gasteiger partial charge < -0.3 is 25.3 Å². The molecule has 41 heavy (non-hydrogen) atoms. The van der Waals surface area contributed by atoms with Crippen LogP contribution in [0.25, 0.3) is 10.9 Å². The number of nitrogens with zero attached hydrogens (tertiary/aromatic N) is 4. The molecule has 0 saturated carbocycles.